The van der Waals surface area contributed by atoms with Gasteiger partial charge in [-0.2, -0.15) is 0 Å². The second-order valence-corrected chi connectivity index (χ2v) is 6.94. The summed E-state index contributed by atoms with van der Waals surface area (Å²) < 4.78 is 4.75. The van der Waals surface area contributed by atoms with Gasteiger partial charge in [0.05, 0.1) is 19.6 Å². The van der Waals surface area contributed by atoms with Gasteiger partial charge >= 0.3 is 5.97 Å². The van der Waals surface area contributed by atoms with E-state index in [1.807, 2.05) is 0 Å². The van der Waals surface area contributed by atoms with E-state index >= 15 is 0 Å². The molecule has 23 heavy (non-hydrogen) atoms. The second kappa shape index (κ2) is 8.64. The first-order valence-corrected chi connectivity index (χ1v) is 8.84. The molecule has 2 fully saturated rings. The Balaban J connectivity index is 1.82. The van der Waals surface area contributed by atoms with Crippen molar-refractivity contribution in [3.8, 4) is 0 Å². The highest BCUT2D eigenvalue weighted by Crippen LogP contribution is 2.28. The Morgan fingerprint density at radius 3 is 2.57 bits per heavy atom. The van der Waals surface area contributed by atoms with Crippen LogP contribution in [-0.2, 0) is 14.3 Å². The molecular weight excluding hydrogens is 296 g/mol. The van der Waals surface area contributed by atoms with Crippen LogP contribution in [0.3, 0.4) is 0 Å². The van der Waals surface area contributed by atoms with Gasteiger partial charge in [0.25, 0.3) is 0 Å². The molecule has 1 saturated carbocycles. The highest BCUT2D eigenvalue weighted by molar-refractivity contribution is 5.85. The van der Waals surface area contributed by atoms with Gasteiger partial charge in [0, 0.05) is 12.6 Å². The van der Waals surface area contributed by atoms with Gasteiger partial charge < -0.3 is 20.5 Å². The van der Waals surface area contributed by atoms with Crippen LogP contribution in [0.15, 0.2) is 0 Å². The zero-order chi connectivity index (χ0) is 16.8. The average molecular weight is 326 g/mol. The van der Waals surface area contributed by atoms with Crippen LogP contribution >= 0.6 is 0 Å². The lowest BCUT2D eigenvalue weighted by molar-refractivity contribution is -0.151. The van der Waals surface area contributed by atoms with Crippen LogP contribution in [0, 0.1) is 5.92 Å². The van der Waals surface area contributed by atoms with E-state index in [0.717, 1.165) is 12.8 Å². The number of nitrogens with zero attached hydrogens (tertiary/aromatic N) is 1. The van der Waals surface area contributed by atoms with Crippen molar-refractivity contribution in [2.45, 2.75) is 76.0 Å². The highest BCUT2D eigenvalue weighted by Gasteiger charge is 2.36. The van der Waals surface area contributed by atoms with Gasteiger partial charge in [0.15, 0.2) is 0 Å². The molecule has 2 rings (SSSR count). The Hall–Kier alpha value is -1.14. The van der Waals surface area contributed by atoms with Gasteiger partial charge in [-0.25, -0.2) is 4.79 Å². The van der Waals surface area contributed by atoms with Gasteiger partial charge in [0.2, 0.25) is 5.91 Å². The van der Waals surface area contributed by atoms with E-state index in [4.69, 9.17) is 10.5 Å². The molecule has 0 radical (unpaired) electrons. The van der Waals surface area contributed by atoms with Crippen LogP contribution in [-0.4, -0.2) is 53.7 Å². The van der Waals surface area contributed by atoms with E-state index < -0.39 is 12.1 Å². The van der Waals surface area contributed by atoms with Crippen LogP contribution in [0.2, 0.25) is 0 Å². The monoisotopic (exact) mass is 326 g/mol. The molecule has 1 aliphatic carbocycles. The van der Waals surface area contributed by atoms with Crippen molar-refractivity contribution in [2.75, 3.05) is 13.7 Å². The number of hydrogen-bond donors (Lipinski definition) is 2. The van der Waals surface area contributed by atoms with Crippen LogP contribution < -0.4 is 5.73 Å². The number of hydrogen-bond acceptors (Lipinski definition) is 5. The zero-order valence-electron chi connectivity index (χ0n) is 14.1. The first-order valence-electron chi connectivity index (χ1n) is 8.84. The third kappa shape index (κ3) is 4.91. The van der Waals surface area contributed by atoms with Crippen LogP contribution in [0.5, 0.6) is 0 Å². The average Bonchev–Trinajstić information content (AvgIpc) is 3.04. The summed E-state index contributed by atoms with van der Waals surface area (Å²) in [6, 6.07) is -0.879. The maximum atomic E-state index is 12.4. The summed E-state index contributed by atoms with van der Waals surface area (Å²) >= 11 is 0. The maximum Gasteiger partial charge on any atom is 0.328 e. The van der Waals surface area contributed by atoms with Crippen molar-refractivity contribution in [1.82, 2.24) is 4.90 Å². The van der Waals surface area contributed by atoms with Crippen molar-refractivity contribution in [1.29, 1.82) is 0 Å². The normalized spacial score (nSPS) is 25.2. The van der Waals surface area contributed by atoms with Crippen molar-refractivity contribution < 1.29 is 19.4 Å². The minimum atomic E-state index is -0.844. The lowest BCUT2D eigenvalue weighted by Gasteiger charge is -2.28. The van der Waals surface area contributed by atoms with E-state index in [-0.39, 0.29) is 24.3 Å². The number of likely N-dealkylation sites (tertiary alicyclic amines) is 1. The third-order valence-corrected chi connectivity index (χ3v) is 5.25. The molecule has 132 valence electrons. The minimum absolute atomic E-state index is 0.0125. The molecule has 1 saturated heterocycles. The third-order valence-electron chi connectivity index (χ3n) is 5.25. The largest absolute Gasteiger partial charge is 0.467 e. The molecule has 0 aromatic rings. The molecule has 3 atom stereocenters. The fourth-order valence-corrected chi connectivity index (χ4v) is 3.86. The van der Waals surface area contributed by atoms with Crippen molar-refractivity contribution in [3.63, 3.8) is 0 Å². The molecular formula is C17H30N2O4. The number of aliphatic hydroxyl groups is 1. The Kier molecular flexibility index (Phi) is 6.84. The number of methoxy groups -OCH3 is 1. The van der Waals surface area contributed by atoms with E-state index in [2.05, 4.69) is 0 Å². The zero-order valence-corrected chi connectivity index (χ0v) is 14.1. The molecule has 0 bridgehead atoms. The maximum absolute atomic E-state index is 12.4. The predicted octanol–water partition coefficient (Wildman–Crippen LogP) is 1.20. The molecule has 0 spiro atoms. The van der Waals surface area contributed by atoms with E-state index in [9.17, 15) is 14.7 Å². The summed E-state index contributed by atoms with van der Waals surface area (Å²) in [6.07, 6.45) is 7.44. The Bertz CT molecular complexity index is 409. The number of carbonyl (C=O) groups is 2. The molecule has 2 aliphatic rings. The molecule has 0 aromatic carbocycles. The standard InChI is InChI=1S/C17H30N2O4/c1-23-17(22)14-8-5-9-19(14)16(21)11-15(20)13(18)10-12-6-3-2-4-7-12/h12-15,20H,2-11,18H2,1H3. The molecule has 1 amide bonds. The first kappa shape index (κ1) is 18.2. The fourth-order valence-electron chi connectivity index (χ4n) is 3.86. The summed E-state index contributed by atoms with van der Waals surface area (Å²) in [5.74, 6) is -0.0144. The topological polar surface area (TPSA) is 92.9 Å². The summed E-state index contributed by atoms with van der Waals surface area (Å²) in [6.45, 7) is 0.545. The number of amides is 1. The lowest BCUT2D eigenvalue weighted by Crippen LogP contribution is -2.45. The molecule has 0 aromatic heterocycles. The number of aliphatic hydroxyl groups excluding tert-OH is 1. The quantitative estimate of drug-likeness (QED) is 0.716. The van der Waals surface area contributed by atoms with Gasteiger partial charge in [-0.05, 0) is 25.2 Å². The van der Waals surface area contributed by atoms with Crippen LogP contribution in [0.4, 0.5) is 0 Å². The molecule has 6 heteroatoms. The number of carbonyl (C=O) groups excluding carboxylic acids is 2. The molecule has 3 N–H and O–H groups in total. The van der Waals surface area contributed by atoms with Crippen molar-refractivity contribution >= 4 is 11.9 Å². The van der Waals surface area contributed by atoms with Crippen molar-refractivity contribution in [2.24, 2.45) is 11.7 Å². The van der Waals surface area contributed by atoms with Gasteiger partial charge in [0.1, 0.15) is 6.04 Å². The summed E-state index contributed by atoms with van der Waals surface area (Å²) in [4.78, 5) is 25.6. The molecule has 1 heterocycles. The second-order valence-electron chi connectivity index (χ2n) is 6.94. The molecule has 3 unspecified atom stereocenters. The lowest BCUT2D eigenvalue weighted by atomic mass is 9.83. The summed E-state index contributed by atoms with van der Waals surface area (Å²) in [5.41, 5.74) is 6.10. The summed E-state index contributed by atoms with van der Waals surface area (Å²) in [7, 11) is 1.33. The van der Waals surface area contributed by atoms with Crippen LogP contribution in [0.25, 0.3) is 0 Å². The Labute approximate surface area is 138 Å². The van der Waals surface area contributed by atoms with E-state index in [1.54, 1.807) is 0 Å². The van der Waals surface area contributed by atoms with Crippen molar-refractivity contribution in [3.05, 3.63) is 0 Å². The number of esters is 1. The Morgan fingerprint density at radius 1 is 1.22 bits per heavy atom. The van der Waals surface area contributed by atoms with Gasteiger partial charge in [-0.3, -0.25) is 4.79 Å². The SMILES string of the molecule is COC(=O)C1CCCN1C(=O)CC(O)C(N)CC1CCCCC1. The minimum Gasteiger partial charge on any atom is -0.467 e. The fraction of sp³-hybridized carbons (Fsp3) is 0.882. The van der Waals surface area contributed by atoms with Gasteiger partial charge in [-0.1, -0.05) is 32.1 Å². The smallest absolute Gasteiger partial charge is 0.328 e. The van der Waals surface area contributed by atoms with Gasteiger partial charge in [-0.15, -0.1) is 0 Å². The number of rotatable bonds is 6. The van der Waals surface area contributed by atoms with Crippen LogP contribution in [0.1, 0.15) is 57.8 Å². The number of ether oxygens (including phenoxy) is 1. The van der Waals surface area contributed by atoms with E-state index in [0.29, 0.717) is 18.9 Å². The first-order chi connectivity index (χ1) is 11.0. The number of nitrogens with two attached hydrogens (primary N) is 1. The van der Waals surface area contributed by atoms with E-state index in [1.165, 1.54) is 44.1 Å². The Morgan fingerprint density at radius 2 is 1.91 bits per heavy atom. The summed E-state index contributed by atoms with van der Waals surface area (Å²) in [5, 5.41) is 10.3. The molecule has 1 aliphatic heterocycles. The molecule has 6 nitrogen and oxygen atoms in total. The highest BCUT2D eigenvalue weighted by atomic mass is 16.5. The predicted molar refractivity (Wildman–Crippen MR) is 86.5 cm³/mol.